The molecule has 1 fully saturated rings. The molecule has 2 aliphatic rings. The van der Waals surface area contributed by atoms with Crippen LogP contribution in [0, 0.1) is 12.8 Å². The van der Waals surface area contributed by atoms with Gasteiger partial charge in [-0.15, -0.1) is 0 Å². The van der Waals surface area contributed by atoms with Gasteiger partial charge in [0.25, 0.3) is 0 Å². The van der Waals surface area contributed by atoms with Gasteiger partial charge < -0.3 is 9.64 Å². The number of nitrogens with zero attached hydrogens (tertiary/aromatic N) is 1. The van der Waals surface area contributed by atoms with E-state index in [-0.39, 0.29) is 5.92 Å². The second-order valence-corrected chi connectivity index (χ2v) is 5.67. The first-order valence-electron chi connectivity index (χ1n) is 7.19. The molecule has 0 saturated carbocycles. The summed E-state index contributed by atoms with van der Waals surface area (Å²) in [6, 6.07) is 6.57. The maximum Gasteiger partial charge on any atom is 0.226 e. The van der Waals surface area contributed by atoms with Crippen molar-refractivity contribution in [2.24, 2.45) is 5.92 Å². The summed E-state index contributed by atoms with van der Waals surface area (Å²) in [7, 11) is 0. The van der Waals surface area contributed by atoms with Crippen molar-refractivity contribution >= 4 is 5.91 Å². The van der Waals surface area contributed by atoms with Gasteiger partial charge >= 0.3 is 0 Å². The molecule has 0 aliphatic carbocycles. The van der Waals surface area contributed by atoms with Crippen molar-refractivity contribution in [3.8, 4) is 0 Å². The van der Waals surface area contributed by atoms with Crippen molar-refractivity contribution in [2.75, 3.05) is 19.8 Å². The van der Waals surface area contributed by atoms with Gasteiger partial charge in [-0.1, -0.05) is 23.8 Å². The van der Waals surface area contributed by atoms with Gasteiger partial charge in [0.05, 0.1) is 0 Å². The molecule has 1 aromatic rings. The lowest BCUT2D eigenvalue weighted by Gasteiger charge is -2.33. The van der Waals surface area contributed by atoms with Gasteiger partial charge in [0, 0.05) is 32.2 Å². The predicted molar refractivity (Wildman–Crippen MR) is 73.8 cm³/mol. The molecule has 0 atom stereocenters. The lowest BCUT2D eigenvalue weighted by atomic mass is 9.94. The average molecular weight is 259 g/mol. The zero-order valence-electron chi connectivity index (χ0n) is 11.5. The normalized spacial score (nSPS) is 20.2. The highest BCUT2D eigenvalue weighted by atomic mass is 16.5. The summed E-state index contributed by atoms with van der Waals surface area (Å²) in [4.78, 5) is 14.5. The summed E-state index contributed by atoms with van der Waals surface area (Å²) in [6.07, 6.45) is 2.76. The molecule has 0 unspecified atom stereocenters. The smallest absolute Gasteiger partial charge is 0.226 e. The Labute approximate surface area is 114 Å². The number of ether oxygens (including phenoxy) is 1. The summed E-state index contributed by atoms with van der Waals surface area (Å²) in [6.45, 7) is 5.25. The Bertz CT molecular complexity index is 478. The number of rotatable bonds is 1. The summed E-state index contributed by atoms with van der Waals surface area (Å²) in [5, 5.41) is 0. The molecule has 0 spiro atoms. The monoisotopic (exact) mass is 259 g/mol. The fourth-order valence-electron chi connectivity index (χ4n) is 3.07. The molecule has 1 aromatic carbocycles. The summed E-state index contributed by atoms with van der Waals surface area (Å²) in [5.41, 5.74) is 4.04. The van der Waals surface area contributed by atoms with Gasteiger partial charge in [-0.2, -0.15) is 0 Å². The third-order valence-corrected chi connectivity index (χ3v) is 4.26. The Hall–Kier alpha value is -1.35. The van der Waals surface area contributed by atoms with Gasteiger partial charge in [-0.25, -0.2) is 0 Å². The fraction of sp³-hybridized carbons (Fsp3) is 0.562. The zero-order valence-corrected chi connectivity index (χ0v) is 11.5. The third kappa shape index (κ3) is 2.66. The molecular weight excluding hydrogens is 238 g/mol. The molecule has 1 saturated heterocycles. The maximum absolute atomic E-state index is 12.5. The molecule has 19 heavy (non-hydrogen) atoms. The van der Waals surface area contributed by atoms with E-state index < -0.39 is 0 Å². The van der Waals surface area contributed by atoms with Gasteiger partial charge in [-0.3, -0.25) is 4.79 Å². The number of aryl methyl sites for hydroxylation is 1. The molecule has 3 heteroatoms. The van der Waals surface area contributed by atoms with E-state index in [4.69, 9.17) is 4.74 Å². The number of fused-ring (bicyclic) bond motifs is 1. The number of carbonyl (C=O) groups excluding carboxylic acids is 1. The van der Waals surface area contributed by atoms with E-state index >= 15 is 0 Å². The lowest BCUT2D eigenvalue weighted by molar-refractivity contribution is -0.139. The minimum Gasteiger partial charge on any atom is -0.381 e. The zero-order chi connectivity index (χ0) is 13.2. The number of hydrogen-bond acceptors (Lipinski definition) is 2. The van der Waals surface area contributed by atoms with E-state index in [2.05, 4.69) is 25.1 Å². The van der Waals surface area contributed by atoms with Crippen LogP contribution in [0.25, 0.3) is 0 Å². The van der Waals surface area contributed by atoms with E-state index in [1.807, 2.05) is 4.90 Å². The van der Waals surface area contributed by atoms with Gasteiger partial charge in [0.15, 0.2) is 0 Å². The minimum atomic E-state index is 0.181. The second-order valence-electron chi connectivity index (χ2n) is 5.67. The van der Waals surface area contributed by atoms with E-state index in [1.165, 1.54) is 16.7 Å². The van der Waals surface area contributed by atoms with Crippen LogP contribution in [-0.2, 0) is 22.5 Å². The predicted octanol–water partition coefficient (Wildman–Crippen LogP) is 2.31. The molecule has 102 valence electrons. The molecule has 1 amide bonds. The van der Waals surface area contributed by atoms with Crippen LogP contribution in [-0.4, -0.2) is 30.6 Å². The highest BCUT2D eigenvalue weighted by Crippen LogP contribution is 2.24. The van der Waals surface area contributed by atoms with E-state index in [0.717, 1.165) is 45.6 Å². The molecule has 0 aromatic heterocycles. The topological polar surface area (TPSA) is 29.5 Å². The number of amides is 1. The second kappa shape index (κ2) is 5.33. The maximum atomic E-state index is 12.5. The molecule has 0 N–H and O–H groups in total. The van der Waals surface area contributed by atoms with Crippen LogP contribution >= 0.6 is 0 Å². The average Bonchev–Trinajstić information content (AvgIpc) is 2.47. The van der Waals surface area contributed by atoms with Crippen LogP contribution in [0.5, 0.6) is 0 Å². The first-order chi connectivity index (χ1) is 9.24. The lowest BCUT2D eigenvalue weighted by Crippen LogP contribution is -2.41. The molecular formula is C16H21NO2. The van der Waals surface area contributed by atoms with Crippen LogP contribution in [0.2, 0.25) is 0 Å². The van der Waals surface area contributed by atoms with Crippen molar-refractivity contribution in [2.45, 2.75) is 32.7 Å². The summed E-state index contributed by atoms with van der Waals surface area (Å²) in [5.74, 6) is 0.510. The van der Waals surface area contributed by atoms with Crippen LogP contribution < -0.4 is 0 Å². The minimum absolute atomic E-state index is 0.181. The third-order valence-electron chi connectivity index (χ3n) is 4.26. The standard InChI is InChI=1S/C16H21NO2/c1-12-2-3-15-11-17(7-4-14(15)10-12)16(18)13-5-8-19-9-6-13/h2-3,10,13H,4-9,11H2,1H3. The Kier molecular flexibility index (Phi) is 3.56. The van der Waals surface area contributed by atoms with Crippen LogP contribution in [0.4, 0.5) is 0 Å². The summed E-state index contributed by atoms with van der Waals surface area (Å²) >= 11 is 0. The van der Waals surface area contributed by atoms with E-state index in [1.54, 1.807) is 0 Å². The highest BCUT2D eigenvalue weighted by molar-refractivity contribution is 5.79. The van der Waals surface area contributed by atoms with E-state index in [0.29, 0.717) is 5.91 Å². The molecule has 3 nitrogen and oxygen atoms in total. The molecule has 0 bridgehead atoms. The van der Waals surface area contributed by atoms with Crippen LogP contribution in [0.3, 0.4) is 0 Å². The first-order valence-corrected chi connectivity index (χ1v) is 7.19. The number of hydrogen-bond donors (Lipinski definition) is 0. The van der Waals surface area contributed by atoms with Gasteiger partial charge in [0.2, 0.25) is 5.91 Å². The van der Waals surface area contributed by atoms with Crippen molar-refractivity contribution in [1.29, 1.82) is 0 Å². The molecule has 0 radical (unpaired) electrons. The largest absolute Gasteiger partial charge is 0.381 e. The Balaban J connectivity index is 1.71. The van der Waals surface area contributed by atoms with Crippen molar-refractivity contribution in [3.05, 3.63) is 34.9 Å². The Morgan fingerprint density at radius 2 is 2.05 bits per heavy atom. The van der Waals surface area contributed by atoms with Crippen molar-refractivity contribution in [3.63, 3.8) is 0 Å². The molecule has 3 rings (SSSR count). The number of carbonyl (C=O) groups is 1. The Morgan fingerprint density at radius 1 is 1.26 bits per heavy atom. The highest BCUT2D eigenvalue weighted by Gasteiger charge is 2.28. The molecule has 2 aliphatic heterocycles. The van der Waals surface area contributed by atoms with E-state index in [9.17, 15) is 4.79 Å². The first kappa shape index (κ1) is 12.7. The Morgan fingerprint density at radius 3 is 2.84 bits per heavy atom. The van der Waals surface area contributed by atoms with Crippen molar-refractivity contribution in [1.82, 2.24) is 4.90 Å². The number of benzene rings is 1. The van der Waals surface area contributed by atoms with Crippen molar-refractivity contribution < 1.29 is 9.53 Å². The summed E-state index contributed by atoms with van der Waals surface area (Å²) < 4.78 is 5.34. The van der Waals surface area contributed by atoms with Gasteiger partial charge in [-0.05, 0) is 37.3 Å². The van der Waals surface area contributed by atoms with Gasteiger partial charge in [0.1, 0.15) is 0 Å². The van der Waals surface area contributed by atoms with Crippen LogP contribution in [0.1, 0.15) is 29.5 Å². The quantitative estimate of drug-likeness (QED) is 0.774. The van der Waals surface area contributed by atoms with Crippen LogP contribution in [0.15, 0.2) is 18.2 Å². The SMILES string of the molecule is Cc1ccc2c(c1)CCN(C(=O)C1CCOCC1)C2. The fourth-order valence-corrected chi connectivity index (χ4v) is 3.07. The molecule has 2 heterocycles.